The Kier molecular flexibility index (Phi) is 11.2. The normalized spacial score (nSPS) is 18.7. The SMILES string of the molecule is Cl.NCC1CCC(C(=O)N(C(=O)[C@@H](N)Cc2ccc(-c3ccnc(N4CCOCC4)c3F)cc2)c2ccc(-c3nn[nH]n3)cc2)CC1. The third-order valence-electron chi connectivity index (χ3n) is 8.92. The van der Waals surface area contributed by atoms with Gasteiger partial charge in [-0.1, -0.05) is 24.3 Å². The Morgan fingerprint density at radius 2 is 1.68 bits per heavy atom. The van der Waals surface area contributed by atoms with Crippen LogP contribution in [0.1, 0.15) is 31.2 Å². The highest BCUT2D eigenvalue weighted by Gasteiger charge is 2.35. The molecule has 2 aliphatic rings. The number of H-pyrrole nitrogens is 1. The van der Waals surface area contributed by atoms with Gasteiger partial charge in [0.25, 0.3) is 5.91 Å². The van der Waals surface area contributed by atoms with Crippen LogP contribution in [-0.4, -0.2) is 76.3 Å². The molecule has 248 valence electrons. The number of nitrogens with zero attached hydrogens (tertiary/aromatic N) is 6. The molecule has 4 aromatic rings. The van der Waals surface area contributed by atoms with Crippen molar-refractivity contribution < 1.29 is 18.7 Å². The van der Waals surface area contributed by atoms with Crippen LogP contribution in [0.25, 0.3) is 22.5 Å². The molecule has 1 atom stereocenters. The molecule has 1 aliphatic carbocycles. The number of amides is 2. The van der Waals surface area contributed by atoms with Crippen LogP contribution in [0.2, 0.25) is 0 Å². The Morgan fingerprint density at radius 1 is 1.00 bits per heavy atom. The molecular weight excluding hydrogens is 625 g/mol. The van der Waals surface area contributed by atoms with E-state index >= 15 is 4.39 Å². The summed E-state index contributed by atoms with van der Waals surface area (Å²) in [6.45, 7) is 2.81. The number of nitrogens with two attached hydrogens (primary N) is 2. The fraction of sp³-hybridized carbons (Fsp3) is 0.394. The Labute approximate surface area is 278 Å². The zero-order chi connectivity index (χ0) is 32.0. The fourth-order valence-corrected chi connectivity index (χ4v) is 6.21. The lowest BCUT2D eigenvalue weighted by Gasteiger charge is -2.32. The standard InChI is InChI=1S/C33H38FN9O3.ClH/c34-29-27(13-14-37-31(29)42-15-17-46-18-16-42)23-5-1-21(2-6-23)19-28(36)33(45)43(32(44)25-7-3-22(20-35)4-8-25)26-11-9-24(10-12-26)30-38-40-41-39-30;/h1-2,5-6,9-14,22,25,28H,3-4,7-8,15-20,35-36H2,(H,38,39,40,41);1H/t22?,25?,28-;/m0./s1. The number of imide groups is 1. The Morgan fingerprint density at radius 3 is 2.32 bits per heavy atom. The van der Waals surface area contributed by atoms with E-state index in [2.05, 4.69) is 25.6 Å². The summed E-state index contributed by atoms with van der Waals surface area (Å²) >= 11 is 0. The van der Waals surface area contributed by atoms with Crippen molar-refractivity contribution in [1.82, 2.24) is 25.6 Å². The van der Waals surface area contributed by atoms with E-state index in [0.717, 1.165) is 18.4 Å². The van der Waals surface area contributed by atoms with E-state index in [9.17, 15) is 9.59 Å². The quantitative estimate of drug-likeness (QED) is 0.241. The second kappa shape index (κ2) is 15.5. The topological polar surface area (TPSA) is 169 Å². The molecule has 1 saturated carbocycles. The molecule has 5 N–H and O–H groups in total. The van der Waals surface area contributed by atoms with Crippen LogP contribution in [0.4, 0.5) is 15.9 Å². The third kappa shape index (κ3) is 7.65. The van der Waals surface area contributed by atoms with Gasteiger partial charge < -0.3 is 21.1 Å². The predicted octanol–water partition coefficient (Wildman–Crippen LogP) is 3.52. The molecule has 0 spiro atoms. The largest absolute Gasteiger partial charge is 0.378 e. The molecule has 2 aromatic carbocycles. The first-order valence-electron chi connectivity index (χ1n) is 15.7. The minimum atomic E-state index is -0.988. The number of benzene rings is 2. The summed E-state index contributed by atoms with van der Waals surface area (Å²) < 4.78 is 20.9. The maximum atomic E-state index is 15.5. The highest BCUT2D eigenvalue weighted by Crippen LogP contribution is 2.32. The molecular formula is C33H39ClFN9O3. The van der Waals surface area contributed by atoms with Crippen molar-refractivity contribution in [2.75, 3.05) is 42.6 Å². The molecule has 0 unspecified atom stereocenters. The summed E-state index contributed by atoms with van der Waals surface area (Å²) in [7, 11) is 0. The first-order valence-corrected chi connectivity index (χ1v) is 15.7. The second-order valence-electron chi connectivity index (χ2n) is 11.9. The van der Waals surface area contributed by atoms with Gasteiger partial charge in [0, 0.05) is 36.3 Å². The van der Waals surface area contributed by atoms with Gasteiger partial charge in [-0.15, -0.1) is 22.6 Å². The summed E-state index contributed by atoms with van der Waals surface area (Å²) in [6.07, 6.45) is 4.82. The third-order valence-corrected chi connectivity index (χ3v) is 8.92. The molecule has 2 fully saturated rings. The summed E-state index contributed by atoms with van der Waals surface area (Å²) in [5.41, 5.74) is 15.4. The molecule has 1 saturated heterocycles. The molecule has 0 radical (unpaired) electrons. The molecule has 6 rings (SSSR count). The number of carbonyl (C=O) groups is 2. The van der Waals surface area contributed by atoms with Crippen LogP contribution in [0.15, 0.2) is 60.8 Å². The fourth-order valence-electron chi connectivity index (χ4n) is 6.21. The predicted molar refractivity (Wildman–Crippen MR) is 178 cm³/mol. The number of tetrazole rings is 1. The molecule has 0 bridgehead atoms. The summed E-state index contributed by atoms with van der Waals surface area (Å²) in [6, 6.07) is 14.8. The molecule has 14 heteroatoms. The van der Waals surface area contributed by atoms with Crippen molar-refractivity contribution in [3.63, 3.8) is 0 Å². The lowest BCUT2D eigenvalue weighted by atomic mass is 9.81. The Hall–Kier alpha value is -4.30. The number of pyridine rings is 1. The van der Waals surface area contributed by atoms with Crippen LogP contribution in [0.3, 0.4) is 0 Å². The monoisotopic (exact) mass is 663 g/mol. The zero-order valence-corrected chi connectivity index (χ0v) is 26.7. The van der Waals surface area contributed by atoms with Gasteiger partial charge in [0.05, 0.1) is 24.9 Å². The van der Waals surface area contributed by atoms with Crippen molar-refractivity contribution in [3.05, 3.63) is 72.2 Å². The van der Waals surface area contributed by atoms with Crippen LogP contribution >= 0.6 is 12.4 Å². The smallest absolute Gasteiger partial charge is 0.251 e. The van der Waals surface area contributed by atoms with Crippen molar-refractivity contribution in [1.29, 1.82) is 0 Å². The lowest BCUT2D eigenvalue weighted by molar-refractivity contribution is -0.130. The van der Waals surface area contributed by atoms with Crippen molar-refractivity contribution in [3.8, 4) is 22.5 Å². The van der Waals surface area contributed by atoms with Gasteiger partial charge in [-0.2, -0.15) is 5.21 Å². The average Bonchev–Trinajstić information content (AvgIpc) is 3.65. The van der Waals surface area contributed by atoms with Crippen LogP contribution in [0, 0.1) is 17.7 Å². The summed E-state index contributed by atoms with van der Waals surface area (Å²) in [5.74, 6) is -0.333. The number of hydrogen-bond donors (Lipinski definition) is 3. The second-order valence-corrected chi connectivity index (χ2v) is 11.9. The van der Waals surface area contributed by atoms with Gasteiger partial charge in [0.1, 0.15) is 0 Å². The number of hydrogen-bond acceptors (Lipinski definition) is 10. The molecule has 47 heavy (non-hydrogen) atoms. The van der Waals surface area contributed by atoms with Crippen LogP contribution in [-0.2, 0) is 20.7 Å². The highest BCUT2D eigenvalue weighted by atomic mass is 35.5. The van der Waals surface area contributed by atoms with Crippen molar-refractivity contribution in [2.45, 2.75) is 38.1 Å². The Bertz CT molecular complexity index is 1630. The number of anilines is 2. The van der Waals surface area contributed by atoms with E-state index in [1.54, 1.807) is 36.5 Å². The minimum absolute atomic E-state index is 0. The van der Waals surface area contributed by atoms with Gasteiger partial charge in [-0.25, -0.2) is 14.3 Å². The molecule has 3 heterocycles. The summed E-state index contributed by atoms with van der Waals surface area (Å²) in [4.78, 5) is 35.2. The zero-order valence-electron chi connectivity index (χ0n) is 25.9. The van der Waals surface area contributed by atoms with Crippen molar-refractivity contribution in [2.24, 2.45) is 23.3 Å². The number of nitrogens with one attached hydrogen (secondary N) is 1. The molecule has 12 nitrogen and oxygen atoms in total. The highest BCUT2D eigenvalue weighted by molar-refractivity contribution is 6.17. The van der Waals surface area contributed by atoms with Crippen LogP contribution < -0.4 is 21.3 Å². The van der Waals surface area contributed by atoms with Crippen molar-refractivity contribution >= 4 is 35.7 Å². The molecule has 2 amide bonds. The molecule has 2 aromatic heterocycles. The van der Waals surface area contributed by atoms with E-state index in [0.29, 0.717) is 85.6 Å². The number of morpholine rings is 1. The minimum Gasteiger partial charge on any atom is -0.378 e. The molecule has 1 aliphatic heterocycles. The number of aromatic nitrogens is 5. The number of rotatable bonds is 9. The maximum Gasteiger partial charge on any atom is 0.251 e. The van der Waals surface area contributed by atoms with E-state index < -0.39 is 11.9 Å². The van der Waals surface area contributed by atoms with Gasteiger partial charge in [-0.05, 0) is 91.2 Å². The summed E-state index contributed by atoms with van der Waals surface area (Å²) in [5, 5.41) is 14.0. The van der Waals surface area contributed by atoms with Gasteiger partial charge in [-0.3, -0.25) is 9.59 Å². The van der Waals surface area contributed by atoms with E-state index in [4.69, 9.17) is 16.2 Å². The first kappa shape index (κ1) is 34.0. The average molecular weight is 664 g/mol. The maximum absolute atomic E-state index is 15.5. The van der Waals surface area contributed by atoms with E-state index in [-0.39, 0.29) is 36.5 Å². The van der Waals surface area contributed by atoms with E-state index in [1.165, 1.54) is 4.90 Å². The van der Waals surface area contributed by atoms with Gasteiger partial charge in [0.2, 0.25) is 11.7 Å². The Balaban J connectivity index is 0.00000433. The van der Waals surface area contributed by atoms with Gasteiger partial charge >= 0.3 is 0 Å². The number of halogens is 2. The van der Waals surface area contributed by atoms with E-state index in [1.807, 2.05) is 29.2 Å². The van der Waals surface area contributed by atoms with Gasteiger partial charge in [0.15, 0.2) is 11.6 Å². The number of aromatic amines is 1. The lowest BCUT2D eigenvalue weighted by Crippen LogP contribution is -2.50. The first-order chi connectivity index (χ1) is 22.4. The number of carbonyl (C=O) groups excluding carboxylic acids is 2. The number of ether oxygens (including phenoxy) is 1. The van der Waals surface area contributed by atoms with Crippen LogP contribution in [0.5, 0.6) is 0 Å².